The lowest BCUT2D eigenvalue weighted by molar-refractivity contribution is -0.125. The van der Waals surface area contributed by atoms with E-state index in [1.165, 1.54) is 0 Å². The van der Waals surface area contributed by atoms with Crippen LogP contribution in [0.3, 0.4) is 0 Å². The van der Waals surface area contributed by atoms with E-state index in [-0.39, 0.29) is 17.9 Å². The Morgan fingerprint density at radius 3 is 2.23 bits per heavy atom. The zero-order valence-corrected chi connectivity index (χ0v) is 15.3. The lowest BCUT2D eigenvalue weighted by Crippen LogP contribution is -2.51. The number of para-hydroxylation sites is 1. The van der Waals surface area contributed by atoms with Crippen molar-refractivity contribution >= 4 is 17.5 Å². The van der Waals surface area contributed by atoms with Gasteiger partial charge in [-0.15, -0.1) is 0 Å². The second kappa shape index (κ2) is 6.27. The number of nitrogens with zero attached hydrogens (tertiary/aromatic N) is 2. The number of anilines is 1. The van der Waals surface area contributed by atoms with Gasteiger partial charge in [-0.25, -0.2) is 0 Å². The van der Waals surface area contributed by atoms with Crippen molar-refractivity contribution in [2.24, 2.45) is 0 Å². The maximum Gasteiger partial charge on any atom is 0.253 e. The van der Waals surface area contributed by atoms with Crippen LogP contribution in [0.15, 0.2) is 54.6 Å². The standard InChI is InChI=1S/C22H24N2O2/c1-16(2)24-19-11-7-6-10-18(19)22(21(24)26)12-14-23(15-13-22)20(25)17-8-4-3-5-9-17/h3-11,16H,12-15H2,1-2H3. The molecule has 4 rings (SSSR count). The Morgan fingerprint density at radius 2 is 1.58 bits per heavy atom. The number of carbonyl (C=O) groups excluding carboxylic acids is 2. The number of hydrogen-bond acceptors (Lipinski definition) is 2. The molecule has 2 amide bonds. The van der Waals surface area contributed by atoms with Crippen molar-refractivity contribution in [2.45, 2.75) is 38.1 Å². The molecule has 2 aromatic rings. The van der Waals surface area contributed by atoms with Crippen molar-refractivity contribution < 1.29 is 9.59 Å². The van der Waals surface area contributed by atoms with Crippen molar-refractivity contribution in [3.63, 3.8) is 0 Å². The van der Waals surface area contributed by atoms with Crippen LogP contribution in [-0.4, -0.2) is 35.8 Å². The van der Waals surface area contributed by atoms with Gasteiger partial charge < -0.3 is 9.80 Å². The number of hydrogen-bond donors (Lipinski definition) is 0. The van der Waals surface area contributed by atoms with Gasteiger partial charge in [0.25, 0.3) is 5.91 Å². The fourth-order valence-electron chi connectivity index (χ4n) is 4.39. The van der Waals surface area contributed by atoms with Gasteiger partial charge in [-0.05, 0) is 50.5 Å². The maximum atomic E-state index is 13.3. The van der Waals surface area contributed by atoms with Crippen molar-refractivity contribution in [1.82, 2.24) is 4.90 Å². The van der Waals surface area contributed by atoms with E-state index in [0.29, 0.717) is 31.5 Å². The van der Waals surface area contributed by atoms with Crippen molar-refractivity contribution in [2.75, 3.05) is 18.0 Å². The van der Waals surface area contributed by atoms with Gasteiger partial charge >= 0.3 is 0 Å². The second-order valence-corrected chi connectivity index (χ2v) is 7.53. The van der Waals surface area contributed by atoms with Crippen LogP contribution >= 0.6 is 0 Å². The summed E-state index contributed by atoms with van der Waals surface area (Å²) >= 11 is 0. The molecule has 4 nitrogen and oxygen atoms in total. The number of rotatable bonds is 2. The molecule has 134 valence electrons. The third kappa shape index (κ3) is 2.44. The van der Waals surface area contributed by atoms with Crippen molar-refractivity contribution in [1.29, 1.82) is 0 Å². The number of piperidine rings is 1. The molecule has 26 heavy (non-hydrogen) atoms. The molecule has 1 saturated heterocycles. The van der Waals surface area contributed by atoms with Gasteiger partial charge in [0.15, 0.2) is 0 Å². The average Bonchev–Trinajstić information content (AvgIpc) is 2.91. The first kappa shape index (κ1) is 16.8. The van der Waals surface area contributed by atoms with Crippen LogP contribution in [0.4, 0.5) is 5.69 Å². The van der Waals surface area contributed by atoms with Gasteiger partial charge in [-0.3, -0.25) is 9.59 Å². The maximum absolute atomic E-state index is 13.3. The molecule has 0 bridgehead atoms. The van der Waals surface area contributed by atoms with Crippen LogP contribution in [0.2, 0.25) is 0 Å². The molecule has 0 atom stereocenters. The topological polar surface area (TPSA) is 40.6 Å². The lowest BCUT2D eigenvalue weighted by atomic mass is 9.73. The fourth-order valence-corrected chi connectivity index (χ4v) is 4.39. The highest BCUT2D eigenvalue weighted by Gasteiger charge is 2.52. The van der Waals surface area contributed by atoms with Crippen LogP contribution in [0, 0.1) is 0 Å². The molecule has 0 N–H and O–H groups in total. The quantitative estimate of drug-likeness (QED) is 0.832. The highest BCUT2D eigenvalue weighted by atomic mass is 16.2. The van der Waals surface area contributed by atoms with E-state index in [0.717, 1.165) is 11.3 Å². The second-order valence-electron chi connectivity index (χ2n) is 7.53. The third-order valence-corrected chi connectivity index (χ3v) is 5.75. The summed E-state index contributed by atoms with van der Waals surface area (Å²) in [4.78, 5) is 29.9. The van der Waals surface area contributed by atoms with E-state index in [4.69, 9.17) is 0 Å². The number of carbonyl (C=O) groups is 2. The molecule has 1 fully saturated rings. The zero-order valence-electron chi connectivity index (χ0n) is 15.3. The zero-order chi connectivity index (χ0) is 18.3. The van der Waals surface area contributed by atoms with Crippen LogP contribution < -0.4 is 4.90 Å². The first-order chi connectivity index (χ1) is 12.5. The van der Waals surface area contributed by atoms with Crippen molar-refractivity contribution in [3.8, 4) is 0 Å². The molecule has 4 heteroatoms. The SMILES string of the molecule is CC(C)N1C(=O)C2(CCN(C(=O)c3ccccc3)CC2)c2ccccc21. The molecular weight excluding hydrogens is 324 g/mol. The van der Waals surface area contributed by atoms with E-state index >= 15 is 0 Å². The summed E-state index contributed by atoms with van der Waals surface area (Å²) in [6, 6.07) is 17.7. The largest absolute Gasteiger partial charge is 0.339 e. The lowest BCUT2D eigenvalue weighted by Gasteiger charge is -2.39. The van der Waals surface area contributed by atoms with E-state index < -0.39 is 5.41 Å². The highest BCUT2D eigenvalue weighted by Crippen LogP contribution is 2.48. The molecule has 2 heterocycles. The Balaban J connectivity index is 1.60. The van der Waals surface area contributed by atoms with Gasteiger partial charge in [0.1, 0.15) is 0 Å². The Hall–Kier alpha value is -2.62. The molecular formula is C22H24N2O2. The first-order valence-electron chi connectivity index (χ1n) is 9.32. The normalized spacial score (nSPS) is 18.5. The predicted octanol–water partition coefficient (Wildman–Crippen LogP) is 3.62. The van der Waals surface area contributed by atoms with E-state index in [1.807, 2.05) is 58.3 Å². The molecule has 2 aliphatic rings. The van der Waals surface area contributed by atoms with Gasteiger partial charge in [0.2, 0.25) is 5.91 Å². The van der Waals surface area contributed by atoms with E-state index in [2.05, 4.69) is 19.9 Å². The highest BCUT2D eigenvalue weighted by molar-refractivity contribution is 6.08. The fraction of sp³-hybridized carbons (Fsp3) is 0.364. The van der Waals surface area contributed by atoms with Gasteiger partial charge in [-0.1, -0.05) is 36.4 Å². The Bertz CT molecular complexity index is 836. The molecule has 2 aliphatic heterocycles. The Kier molecular flexibility index (Phi) is 4.06. The first-order valence-corrected chi connectivity index (χ1v) is 9.32. The van der Waals surface area contributed by atoms with Crippen LogP contribution in [0.25, 0.3) is 0 Å². The summed E-state index contributed by atoms with van der Waals surface area (Å²) in [6.45, 7) is 5.34. The molecule has 0 aliphatic carbocycles. The number of fused-ring (bicyclic) bond motifs is 2. The smallest absolute Gasteiger partial charge is 0.253 e. The molecule has 2 aromatic carbocycles. The van der Waals surface area contributed by atoms with Gasteiger partial charge in [0.05, 0.1) is 5.41 Å². The molecule has 0 aromatic heterocycles. The molecule has 0 radical (unpaired) electrons. The molecule has 1 spiro atoms. The minimum absolute atomic E-state index is 0.0555. The monoisotopic (exact) mass is 348 g/mol. The summed E-state index contributed by atoms with van der Waals surface area (Å²) in [7, 11) is 0. The van der Waals surface area contributed by atoms with Crippen LogP contribution in [-0.2, 0) is 10.2 Å². The number of likely N-dealkylation sites (tertiary alicyclic amines) is 1. The summed E-state index contributed by atoms with van der Waals surface area (Å²) in [5, 5.41) is 0. The average molecular weight is 348 g/mol. The van der Waals surface area contributed by atoms with Crippen LogP contribution in [0.1, 0.15) is 42.6 Å². The van der Waals surface area contributed by atoms with Gasteiger partial charge in [-0.2, -0.15) is 0 Å². The Labute approximate surface area is 154 Å². The summed E-state index contributed by atoms with van der Waals surface area (Å²) < 4.78 is 0. The van der Waals surface area contributed by atoms with Crippen molar-refractivity contribution in [3.05, 3.63) is 65.7 Å². The van der Waals surface area contributed by atoms with E-state index in [9.17, 15) is 9.59 Å². The summed E-state index contributed by atoms with van der Waals surface area (Å²) in [5.41, 5.74) is 2.40. The summed E-state index contributed by atoms with van der Waals surface area (Å²) in [6.07, 6.45) is 1.37. The molecule has 0 unspecified atom stereocenters. The van der Waals surface area contributed by atoms with E-state index in [1.54, 1.807) is 0 Å². The van der Waals surface area contributed by atoms with Gasteiger partial charge in [0, 0.05) is 30.4 Å². The minimum atomic E-state index is -0.478. The Morgan fingerprint density at radius 1 is 0.962 bits per heavy atom. The summed E-state index contributed by atoms with van der Waals surface area (Å²) in [5.74, 6) is 0.250. The third-order valence-electron chi connectivity index (χ3n) is 5.75. The number of amides is 2. The van der Waals surface area contributed by atoms with Crippen LogP contribution in [0.5, 0.6) is 0 Å². The number of benzene rings is 2. The minimum Gasteiger partial charge on any atom is -0.339 e. The predicted molar refractivity (Wildman–Crippen MR) is 102 cm³/mol. The molecule has 0 saturated carbocycles.